The summed E-state index contributed by atoms with van der Waals surface area (Å²) in [4.78, 5) is 28.9. The number of benzene rings is 1. The van der Waals surface area contributed by atoms with E-state index in [-0.39, 0.29) is 11.9 Å². The van der Waals surface area contributed by atoms with Crippen molar-refractivity contribution < 1.29 is 9.59 Å². The molecule has 1 aromatic carbocycles. The molecular formula is C20H27N5O2. The van der Waals surface area contributed by atoms with E-state index in [9.17, 15) is 9.59 Å². The van der Waals surface area contributed by atoms with Crippen molar-refractivity contribution in [1.29, 1.82) is 0 Å². The highest BCUT2D eigenvalue weighted by atomic mass is 16.1. The van der Waals surface area contributed by atoms with E-state index in [0.29, 0.717) is 12.5 Å². The second-order valence-electron chi connectivity index (χ2n) is 7.59. The van der Waals surface area contributed by atoms with Gasteiger partial charge in [-0.05, 0) is 30.7 Å². The van der Waals surface area contributed by atoms with Crippen molar-refractivity contribution in [3.63, 3.8) is 0 Å². The van der Waals surface area contributed by atoms with Gasteiger partial charge in [-0.3, -0.25) is 14.5 Å². The van der Waals surface area contributed by atoms with Crippen LogP contribution in [0.5, 0.6) is 0 Å². The summed E-state index contributed by atoms with van der Waals surface area (Å²) in [6, 6.07) is 9.16. The van der Waals surface area contributed by atoms with Crippen molar-refractivity contribution >= 4 is 23.7 Å². The lowest BCUT2D eigenvalue weighted by Crippen LogP contribution is -2.63. The van der Waals surface area contributed by atoms with Crippen molar-refractivity contribution in [3.8, 4) is 0 Å². The van der Waals surface area contributed by atoms with Crippen LogP contribution in [-0.4, -0.2) is 73.5 Å². The van der Waals surface area contributed by atoms with E-state index in [0.717, 1.165) is 63.5 Å². The molecule has 144 valence electrons. The maximum atomic E-state index is 11.4. The fraction of sp³-hybridized carbons (Fsp3) is 0.500. The van der Waals surface area contributed by atoms with E-state index in [1.165, 1.54) is 5.69 Å². The maximum absolute atomic E-state index is 11.4. The molecule has 3 fully saturated rings. The smallest absolute Gasteiger partial charge is 0.224 e. The van der Waals surface area contributed by atoms with Gasteiger partial charge in [-0.15, -0.1) is 0 Å². The molecule has 0 saturated carbocycles. The van der Waals surface area contributed by atoms with Gasteiger partial charge in [0.05, 0.1) is 6.04 Å². The van der Waals surface area contributed by atoms with Crippen LogP contribution in [0.2, 0.25) is 0 Å². The standard InChI is InChI=1S/C20H27N5O2/c1-15-19(6-7-20(27)21-15)22-16-2-4-17(5-3-16)25-12-18(13-25)24-10-8-23(14-26)9-11-24/h2-5,14,18-19,22H,1,6-13H2,(H,21,27). The number of nitrogens with zero attached hydrogens (tertiary/aromatic N) is 3. The number of nitrogens with one attached hydrogen (secondary N) is 2. The first kappa shape index (κ1) is 17.9. The van der Waals surface area contributed by atoms with Gasteiger partial charge in [-0.1, -0.05) is 6.58 Å². The number of piperidine rings is 1. The third kappa shape index (κ3) is 3.93. The zero-order valence-corrected chi connectivity index (χ0v) is 15.6. The molecule has 2 N–H and O–H groups in total. The minimum Gasteiger partial charge on any atom is -0.377 e. The van der Waals surface area contributed by atoms with Crippen molar-refractivity contribution in [2.75, 3.05) is 49.5 Å². The highest BCUT2D eigenvalue weighted by molar-refractivity contribution is 5.79. The number of hydrogen-bond donors (Lipinski definition) is 2. The third-order valence-corrected chi connectivity index (χ3v) is 5.83. The third-order valence-electron chi connectivity index (χ3n) is 5.83. The van der Waals surface area contributed by atoms with Crippen LogP contribution in [0.15, 0.2) is 36.5 Å². The Kier molecular flexibility index (Phi) is 5.03. The first-order valence-corrected chi connectivity index (χ1v) is 9.66. The average molecular weight is 369 g/mol. The molecule has 7 nitrogen and oxygen atoms in total. The van der Waals surface area contributed by atoms with Crippen LogP contribution in [0.3, 0.4) is 0 Å². The van der Waals surface area contributed by atoms with Crippen molar-refractivity contribution in [1.82, 2.24) is 15.1 Å². The van der Waals surface area contributed by atoms with Crippen LogP contribution in [0.1, 0.15) is 12.8 Å². The van der Waals surface area contributed by atoms with Gasteiger partial charge >= 0.3 is 0 Å². The van der Waals surface area contributed by atoms with E-state index in [1.54, 1.807) is 0 Å². The van der Waals surface area contributed by atoms with E-state index < -0.39 is 0 Å². The molecule has 3 aliphatic heterocycles. The molecule has 1 aromatic rings. The number of rotatable bonds is 5. The fourth-order valence-corrected chi connectivity index (χ4v) is 4.01. The lowest BCUT2D eigenvalue weighted by molar-refractivity contribution is -0.121. The summed E-state index contributed by atoms with van der Waals surface area (Å²) in [7, 11) is 0. The van der Waals surface area contributed by atoms with E-state index >= 15 is 0 Å². The van der Waals surface area contributed by atoms with Gasteiger partial charge in [0.2, 0.25) is 12.3 Å². The summed E-state index contributed by atoms with van der Waals surface area (Å²) >= 11 is 0. The monoisotopic (exact) mass is 369 g/mol. The highest BCUT2D eigenvalue weighted by Gasteiger charge is 2.33. The molecule has 0 aromatic heterocycles. The SMILES string of the molecule is C=C1NC(=O)CCC1Nc1ccc(N2CC(N3CCN(C=O)CC3)C2)cc1. The number of carbonyl (C=O) groups is 2. The molecule has 1 unspecified atom stereocenters. The summed E-state index contributed by atoms with van der Waals surface area (Å²) in [6.45, 7) is 9.65. The number of piperazine rings is 1. The topological polar surface area (TPSA) is 67.9 Å². The largest absolute Gasteiger partial charge is 0.377 e. The summed E-state index contributed by atoms with van der Waals surface area (Å²) in [5, 5.41) is 6.26. The Hall–Kier alpha value is -2.54. The highest BCUT2D eigenvalue weighted by Crippen LogP contribution is 2.26. The van der Waals surface area contributed by atoms with Gasteiger partial charge in [-0.25, -0.2) is 0 Å². The van der Waals surface area contributed by atoms with E-state index in [4.69, 9.17) is 0 Å². The van der Waals surface area contributed by atoms with Crippen LogP contribution >= 0.6 is 0 Å². The minimum absolute atomic E-state index is 0.0494. The van der Waals surface area contributed by atoms with Gasteiger partial charge in [0.15, 0.2) is 0 Å². The summed E-state index contributed by atoms with van der Waals surface area (Å²) in [5.74, 6) is 0.0494. The molecule has 0 aliphatic carbocycles. The Morgan fingerprint density at radius 3 is 2.44 bits per heavy atom. The van der Waals surface area contributed by atoms with Gasteiger partial charge in [0.25, 0.3) is 0 Å². The predicted octanol–water partition coefficient (Wildman–Crippen LogP) is 0.853. The minimum atomic E-state index is 0.0494. The van der Waals surface area contributed by atoms with Gasteiger partial charge in [0.1, 0.15) is 0 Å². The molecule has 7 heteroatoms. The Morgan fingerprint density at radius 1 is 1.11 bits per heavy atom. The Labute approximate surface area is 160 Å². The normalized spacial score (nSPS) is 24.4. The summed E-state index contributed by atoms with van der Waals surface area (Å²) in [6.07, 6.45) is 2.26. The van der Waals surface area contributed by atoms with Gasteiger partial charge < -0.3 is 20.4 Å². The molecule has 2 amide bonds. The molecule has 27 heavy (non-hydrogen) atoms. The van der Waals surface area contributed by atoms with Crippen molar-refractivity contribution in [3.05, 3.63) is 36.5 Å². The maximum Gasteiger partial charge on any atom is 0.224 e. The van der Waals surface area contributed by atoms with Gasteiger partial charge in [0, 0.05) is 68.8 Å². The van der Waals surface area contributed by atoms with Crippen LogP contribution in [-0.2, 0) is 9.59 Å². The Bertz CT molecular complexity index is 706. The molecule has 1 atom stereocenters. The molecular weight excluding hydrogens is 342 g/mol. The molecule has 3 heterocycles. The molecule has 0 radical (unpaired) electrons. The molecule has 3 saturated heterocycles. The number of amides is 2. The Balaban J connectivity index is 1.26. The van der Waals surface area contributed by atoms with Crippen LogP contribution in [0.4, 0.5) is 11.4 Å². The van der Waals surface area contributed by atoms with Crippen molar-refractivity contribution in [2.24, 2.45) is 0 Å². The predicted molar refractivity (Wildman–Crippen MR) is 106 cm³/mol. The number of carbonyl (C=O) groups excluding carboxylic acids is 2. The van der Waals surface area contributed by atoms with E-state index in [1.807, 2.05) is 4.90 Å². The second kappa shape index (κ2) is 7.60. The fourth-order valence-electron chi connectivity index (χ4n) is 4.01. The van der Waals surface area contributed by atoms with Crippen LogP contribution in [0, 0.1) is 0 Å². The number of anilines is 2. The summed E-state index contributed by atoms with van der Waals surface area (Å²) < 4.78 is 0. The second-order valence-corrected chi connectivity index (χ2v) is 7.59. The lowest BCUT2D eigenvalue weighted by Gasteiger charge is -2.48. The number of hydrogen-bond acceptors (Lipinski definition) is 5. The zero-order valence-electron chi connectivity index (χ0n) is 15.6. The summed E-state index contributed by atoms with van der Waals surface area (Å²) in [5.41, 5.74) is 3.03. The van der Waals surface area contributed by atoms with Crippen LogP contribution in [0.25, 0.3) is 0 Å². The first-order chi connectivity index (χ1) is 13.1. The van der Waals surface area contributed by atoms with Crippen LogP contribution < -0.4 is 15.5 Å². The molecule has 3 aliphatic rings. The lowest BCUT2D eigenvalue weighted by atomic mass is 10.0. The molecule has 0 spiro atoms. The van der Waals surface area contributed by atoms with E-state index in [2.05, 4.69) is 51.3 Å². The Morgan fingerprint density at radius 2 is 1.81 bits per heavy atom. The van der Waals surface area contributed by atoms with Gasteiger partial charge in [-0.2, -0.15) is 0 Å². The quantitative estimate of drug-likeness (QED) is 0.754. The molecule has 0 bridgehead atoms. The van der Waals surface area contributed by atoms with Crippen molar-refractivity contribution in [2.45, 2.75) is 24.9 Å². The average Bonchev–Trinajstić information content (AvgIpc) is 2.65. The zero-order chi connectivity index (χ0) is 18.8. The first-order valence-electron chi connectivity index (χ1n) is 9.66. The molecule has 4 rings (SSSR count).